The lowest BCUT2D eigenvalue weighted by Crippen LogP contribution is -2.46. The van der Waals surface area contributed by atoms with Crippen LogP contribution >= 0.6 is 11.3 Å². The first-order valence-electron chi connectivity index (χ1n) is 6.05. The van der Waals surface area contributed by atoms with E-state index in [1.165, 1.54) is 11.3 Å². The highest BCUT2D eigenvalue weighted by atomic mass is 32.1. The van der Waals surface area contributed by atoms with Gasteiger partial charge in [0.1, 0.15) is 4.88 Å². The molecule has 0 aliphatic carbocycles. The molecule has 2 unspecified atom stereocenters. The van der Waals surface area contributed by atoms with E-state index in [9.17, 15) is 4.79 Å². The number of rotatable bonds is 2. The molecular formula is C12H19N3OS. The first-order chi connectivity index (χ1) is 8.11. The smallest absolute Gasteiger partial charge is 0.265 e. The Balaban J connectivity index is 2.12. The molecule has 1 aliphatic rings. The fourth-order valence-corrected chi connectivity index (χ4v) is 2.99. The number of carbonyl (C=O) groups excluding carboxylic acids is 1. The molecule has 2 rings (SSSR count). The zero-order valence-electron chi connectivity index (χ0n) is 10.3. The maximum atomic E-state index is 12.3. The molecule has 0 bridgehead atoms. The SMILES string of the molecule is Cc1ncc(C(=O)N2CC(CN)CCC2C)s1. The summed E-state index contributed by atoms with van der Waals surface area (Å²) < 4.78 is 0. The molecule has 17 heavy (non-hydrogen) atoms. The minimum atomic E-state index is 0.112. The van der Waals surface area contributed by atoms with Crippen LogP contribution < -0.4 is 5.73 Å². The molecule has 1 saturated heterocycles. The number of nitrogens with zero attached hydrogens (tertiary/aromatic N) is 2. The predicted molar refractivity (Wildman–Crippen MR) is 69.1 cm³/mol. The Hall–Kier alpha value is -0.940. The van der Waals surface area contributed by atoms with Gasteiger partial charge in [-0.1, -0.05) is 0 Å². The number of likely N-dealkylation sites (tertiary alicyclic amines) is 1. The summed E-state index contributed by atoms with van der Waals surface area (Å²) in [5.74, 6) is 0.561. The zero-order chi connectivity index (χ0) is 12.4. The van der Waals surface area contributed by atoms with Gasteiger partial charge in [0.05, 0.1) is 11.2 Å². The summed E-state index contributed by atoms with van der Waals surface area (Å²) in [7, 11) is 0. The number of aryl methyl sites for hydroxylation is 1. The first kappa shape index (κ1) is 12.5. The number of amides is 1. The summed E-state index contributed by atoms with van der Waals surface area (Å²) in [5.41, 5.74) is 5.71. The van der Waals surface area contributed by atoms with E-state index < -0.39 is 0 Å². The van der Waals surface area contributed by atoms with Crippen LogP contribution in [0.5, 0.6) is 0 Å². The van der Waals surface area contributed by atoms with E-state index in [4.69, 9.17) is 5.73 Å². The van der Waals surface area contributed by atoms with Gasteiger partial charge < -0.3 is 10.6 Å². The second-order valence-corrected chi connectivity index (χ2v) is 5.96. The molecule has 1 aromatic heterocycles. The average Bonchev–Trinajstić information content (AvgIpc) is 2.76. The van der Waals surface area contributed by atoms with E-state index in [-0.39, 0.29) is 5.91 Å². The van der Waals surface area contributed by atoms with Crippen molar-refractivity contribution in [1.29, 1.82) is 0 Å². The normalized spacial score (nSPS) is 25.0. The monoisotopic (exact) mass is 253 g/mol. The fourth-order valence-electron chi connectivity index (χ4n) is 2.26. The molecule has 2 heterocycles. The second kappa shape index (κ2) is 5.14. The molecule has 0 saturated carbocycles. The van der Waals surface area contributed by atoms with Crippen LogP contribution in [-0.2, 0) is 0 Å². The standard InChI is InChI=1S/C12H19N3OS/c1-8-3-4-10(5-13)7-15(8)12(16)11-6-14-9(2)17-11/h6,8,10H,3-5,7,13H2,1-2H3. The molecule has 1 fully saturated rings. The highest BCUT2D eigenvalue weighted by Crippen LogP contribution is 2.24. The molecule has 0 radical (unpaired) electrons. The molecule has 1 amide bonds. The van der Waals surface area contributed by atoms with Gasteiger partial charge in [0.2, 0.25) is 0 Å². The maximum Gasteiger partial charge on any atom is 0.265 e. The molecule has 94 valence electrons. The van der Waals surface area contributed by atoms with Gasteiger partial charge in [-0.15, -0.1) is 11.3 Å². The topological polar surface area (TPSA) is 59.2 Å². The largest absolute Gasteiger partial charge is 0.335 e. The summed E-state index contributed by atoms with van der Waals surface area (Å²) in [6.45, 7) is 5.48. The minimum absolute atomic E-state index is 0.112. The van der Waals surface area contributed by atoms with Crippen molar-refractivity contribution in [1.82, 2.24) is 9.88 Å². The third kappa shape index (κ3) is 2.66. The van der Waals surface area contributed by atoms with Gasteiger partial charge in [0.15, 0.2) is 0 Å². The van der Waals surface area contributed by atoms with Crippen molar-refractivity contribution in [2.24, 2.45) is 11.7 Å². The lowest BCUT2D eigenvalue weighted by atomic mass is 9.93. The van der Waals surface area contributed by atoms with E-state index in [0.717, 1.165) is 29.3 Å². The van der Waals surface area contributed by atoms with Crippen molar-refractivity contribution in [2.75, 3.05) is 13.1 Å². The van der Waals surface area contributed by atoms with Gasteiger partial charge in [-0.05, 0) is 39.2 Å². The number of thiazole rings is 1. The third-order valence-corrected chi connectivity index (χ3v) is 4.31. The van der Waals surface area contributed by atoms with Crippen molar-refractivity contribution >= 4 is 17.2 Å². The minimum Gasteiger partial charge on any atom is -0.335 e. The molecule has 2 atom stereocenters. The van der Waals surface area contributed by atoms with E-state index in [0.29, 0.717) is 18.5 Å². The van der Waals surface area contributed by atoms with Crippen LogP contribution in [0.3, 0.4) is 0 Å². The molecule has 4 nitrogen and oxygen atoms in total. The van der Waals surface area contributed by atoms with Crippen LogP contribution in [0.1, 0.15) is 34.4 Å². The summed E-state index contributed by atoms with van der Waals surface area (Å²) in [4.78, 5) is 19.2. The van der Waals surface area contributed by atoms with Crippen LogP contribution in [-0.4, -0.2) is 34.9 Å². The Labute approximate surface area is 106 Å². The average molecular weight is 253 g/mol. The summed E-state index contributed by atoms with van der Waals surface area (Å²) in [5, 5.41) is 0.938. The maximum absolute atomic E-state index is 12.3. The van der Waals surface area contributed by atoms with E-state index in [2.05, 4.69) is 11.9 Å². The van der Waals surface area contributed by atoms with Crippen LogP contribution in [0.2, 0.25) is 0 Å². The van der Waals surface area contributed by atoms with Crippen LogP contribution in [0.15, 0.2) is 6.20 Å². The van der Waals surface area contributed by atoms with Gasteiger partial charge in [0, 0.05) is 12.6 Å². The lowest BCUT2D eigenvalue weighted by Gasteiger charge is -2.37. The molecule has 1 aliphatic heterocycles. The Bertz CT molecular complexity index is 404. The Morgan fingerprint density at radius 2 is 2.41 bits per heavy atom. The van der Waals surface area contributed by atoms with Gasteiger partial charge in [0.25, 0.3) is 5.91 Å². The Morgan fingerprint density at radius 3 is 3.00 bits per heavy atom. The van der Waals surface area contributed by atoms with Crippen molar-refractivity contribution in [2.45, 2.75) is 32.7 Å². The van der Waals surface area contributed by atoms with Crippen molar-refractivity contribution in [3.05, 3.63) is 16.1 Å². The Kier molecular flexibility index (Phi) is 3.79. The van der Waals surface area contributed by atoms with Gasteiger partial charge in [-0.25, -0.2) is 4.98 Å². The number of hydrogen-bond donors (Lipinski definition) is 1. The van der Waals surface area contributed by atoms with Crippen molar-refractivity contribution in [3.63, 3.8) is 0 Å². The quantitative estimate of drug-likeness (QED) is 0.872. The van der Waals surface area contributed by atoms with Gasteiger partial charge in [-0.3, -0.25) is 4.79 Å². The van der Waals surface area contributed by atoms with Crippen molar-refractivity contribution < 1.29 is 4.79 Å². The lowest BCUT2D eigenvalue weighted by molar-refractivity contribution is 0.0571. The fraction of sp³-hybridized carbons (Fsp3) is 0.667. The summed E-state index contributed by atoms with van der Waals surface area (Å²) in [6.07, 6.45) is 3.86. The number of hydrogen-bond acceptors (Lipinski definition) is 4. The molecule has 2 N–H and O–H groups in total. The van der Waals surface area contributed by atoms with E-state index >= 15 is 0 Å². The van der Waals surface area contributed by atoms with Crippen LogP contribution in [0.4, 0.5) is 0 Å². The van der Waals surface area contributed by atoms with Crippen LogP contribution in [0.25, 0.3) is 0 Å². The van der Waals surface area contributed by atoms with Gasteiger partial charge >= 0.3 is 0 Å². The first-order valence-corrected chi connectivity index (χ1v) is 6.87. The second-order valence-electron chi connectivity index (χ2n) is 4.73. The number of aromatic nitrogens is 1. The van der Waals surface area contributed by atoms with E-state index in [1.807, 2.05) is 11.8 Å². The summed E-state index contributed by atoms with van der Waals surface area (Å²) in [6, 6.07) is 0.313. The molecule has 0 aromatic carbocycles. The van der Waals surface area contributed by atoms with Crippen LogP contribution in [0, 0.1) is 12.8 Å². The van der Waals surface area contributed by atoms with Gasteiger partial charge in [-0.2, -0.15) is 0 Å². The van der Waals surface area contributed by atoms with E-state index in [1.54, 1.807) is 6.20 Å². The molecule has 5 heteroatoms. The third-order valence-electron chi connectivity index (χ3n) is 3.41. The summed E-state index contributed by atoms with van der Waals surface area (Å²) >= 11 is 1.47. The Morgan fingerprint density at radius 1 is 1.65 bits per heavy atom. The number of piperidine rings is 1. The molecular weight excluding hydrogens is 234 g/mol. The number of carbonyl (C=O) groups is 1. The zero-order valence-corrected chi connectivity index (χ0v) is 11.2. The predicted octanol–water partition coefficient (Wildman–Crippen LogP) is 1.65. The highest BCUT2D eigenvalue weighted by molar-refractivity contribution is 7.13. The molecule has 0 spiro atoms. The van der Waals surface area contributed by atoms with Crippen molar-refractivity contribution in [3.8, 4) is 0 Å². The highest BCUT2D eigenvalue weighted by Gasteiger charge is 2.29. The number of nitrogens with two attached hydrogens (primary N) is 1. The molecule has 1 aromatic rings.